The van der Waals surface area contributed by atoms with Gasteiger partial charge in [0.05, 0.1) is 0 Å². The maximum atomic E-state index is 6.64. The smallest absolute Gasteiger partial charge is 0.0243 e. The maximum absolute atomic E-state index is 6.64. The minimum atomic E-state index is 0.494. The van der Waals surface area contributed by atoms with Crippen LogP contribution in [0.25, 0.3) is 0 Å². The van der Waals surface area contributed by atoms with Gasteiger partial charge in [0.25, 0.3) is 0 Å². The first-order chi connectivity index (χ1) is 2.91. The van der Waals surface area contributed by atoms with Crippen molar-refractivity contribution in [2.45, 2.75) is 13.8 Å². The predicted molar refractivity (Wildman–Crippen MR) is 24.2 cm³/mol. The van der Waals surface area contributed by atoms with E-state index in [0.29, 0.717) is 6.90 Å². The molecule has 1 nitrogen and oxygen atoms in total. The highest BCUT2D eigenvalue weighted by Crippen LogP contribution is 1.47. The molecule has 0 rings (SSSR count). The van der Waals surface area contributed by atoms with Crippen LogP contribution in [0.1, 0.15) is 15.2 Å². The van der Waals surface area contributed by atoms with Gasteiger partial charge in [0.15, 0.2) is 0 Å². The molecule has 1 heteroatoms. The van der Waals surface area contributed by atoms with Crippen LogP contribution in [0.3, 0.4) is 0 Å². The second-order valence-corrected chi connectivity index (χ2v) is 0.854. The molecule has 0 saturated heterocycles. The van der Waals surface area contributed by atoms with Crippen LogP contribution >= 0.6 is 0 Å². The molecule has 0 saturated carbocycles. The van der Waals surface area contributed by atoms with Crippen molar-refractivity contribution in [2.24, 2.45) is 0 Å². The lowest BCUT2D eigenvalue weighted by atomic mass is 10.7. The summed E-state index contributed by atoms with van der Waals surface area (Å²) in [5.74, 6) is 0. The number of hydrogen-bond donors (Lipinski definition) is 1. The second kappa shape index (κ2) is 3.96. The molecule has 0 aliphatic heterocycles. The largest absolute Gasteiger partial charge is 0.317 e. The summed E-state index contributed by atoms with van der Waals surface area (Å²) in [5, 5.41) is 3.01. The summed E-state index contributed by atoms with van der Waals surface area (Å²) in [5.41, 5.74) is 0. The Balaban J connectivity index is 2.34. The van der Waals surface area contributed by atoms with Gasteiger partial charge in [-0.15, -0.1) is 0 Å². The molecule has 0 fully saturated rings. The molecule has 0 bridgehead atoms. The van der Waals surface area contributed by atoms with E-state index in [-0.39, 0.29) is 0 Å². The van der Waals surface area contributed by atoms with Crippen molar-refractivity contribution in [3.8, 4) is 0 Å². The quantitative estimate of drug-likeness (QED) is 0.473. The zero-order valence-corrected chi connectivity index (χ0v) is 3.62. The Bertz CT molecular complexity index is 19.5. The fraction of sp³-hybridized carbons (Fsp3) is 1.00. The van der Waals surface area contributed by atoms with E-state index in [0.717, 1.165) is 13.1 Å². The molecule has 5 heavy (non-hydrogen) atoms. The van der Waals surface area contributed by atoms with E-state index in [4.69, 9.17) is 1.37 Å². The summed E-state index contributed by atoms with van der Waals surface area (Å²) in [6.45, 7) is 4.35. The molecular weight excluding hydrogens is 62.1 g/mol. The average molecular weight is 74.1 g/mol. The zero-order valence-electron chi connectivity index (χ0n) is 4.62. The molecular formula is C4H11N. The van der Waals surface area contributed by atoms with Crippen LogP contribution in [-0.2, 0) is 0 Å². The van der Waals surface area contributed by atoms with Gasteiger partial charge in [0.1, 0.15) is 0 Å². The average Bonchev–Trinajstić information content (AvgIpc) is 1.61. The Kier molecular flexibility index (Phi) is 2.50. The Labute approximate surface area is 34.8 Å². The van der Waals surface area contributed by atoms with E-state index in [1.807, 2.05) is 6.92 Å². The summed E-state index contributed by atoms with van der Waals surface area (Å²) in [6, 6.07) is 0. The highest BCUT2D eigenvalue weighted by molar-refractivity contribution is 4.27. The molecule has 0 atom stereocenters. The number of hydrogen-bond acceptors (Lipinski definition) is 1. The van der Waals surface area contributed by atoms with Crippen molar-refractivity contribution in [3.05, 3.63) is 0 Å². The zero-order chi connectivity index (χ0) is 4.83. The van der Waals surface area contributed by atoms with Gasteiger partial charge in [0.2, 0.25) is 0 Å². The van der Waals surface area contributed by atoms with E-state index in [9.17, 15) is 0 Å². The predicted octanol–water partition coefficient (Wildman–Crippen LogP) is 0.616. The van der Waals surface area contributed by atoms with Crippen molar-refractivity contribution >= 4 is 0 Å². The van der Waals surface area contributed by atoms with Crippen LogP contribution in [-0.4, -0.2) is 13.1 Å². The monoisotopic (exact) mass is 74.1 g/mol. The van der Waals surface area contributed by atoms with Gasteiger partial charge >= 0.3 is 0 Å². The van der Waals surface area contributed by atoms with Gasteiger partial charge in [-0.05, 0) is 13.1 Å². The summed E-state index contributed by atoms with van der Waals surface area (Å²) in [4.78, 5) is 0. The van der Waals surface area contributed by atoms with E-state index in [1.54, 1.807) is 0 Å². The van der Waals surface area contributed by atoms with Gasteiger partial charge in [-0.1, -0.05) is 13.8 Å². The fourth-order valence-electron chi connectivity index (χ4n) is 0.177. The Morgan fingerprint density at radius 2 is 2.60 bits per heavy atom. The normalized spacial score (nSPS) is 11.0. The summed E-state index contributed by atoms with van der Waals surface area (Å²) in [7, 11) is 0. The van der Waals surface area contributed by atoms with Crippen molar-refractivity contribution in [1.82, 2.24) is 5.32 Å². The van der Waals surface area contributed by atoms with Gasteiger partial charge in [-0.2, -0.15) is 0 Å². The molecule has 0 aliphatic rings. The van der Waals surface area contributed by atoms with Gasteiger partial charge in [0, 0.05) is 1.37 Å². The third-order valence-electron chi connectivity index (χ3n) is 0.427. The van der Waals surface area contributed by atoms with Crippen molar-refractivity contribution in [3.63, 3.8) is 0 Å². The molecule has 0 aromatic heterocycles. The summed E-state index contributed by atoms with van der Waals surface area (Å²) >= 11 is 0. The molecule has 0 unspecified atom stereocenters. The topological polar surface area (TPSA) is 12.0 Å². The second-order valence-electron chi connectivity index (χ2n) is 0.854. The molecule has 0 radical (unpaired) electrons. The molecule has 0 amide bonds. The lowest BCUT2D eigenvalue weighted by molar-refractivity contribution is 0.762. The van der Waals surface area contributed by atoms with E-state index in [2.05, 4.69) is 5.32 Å². The Morgan fingerprint density at radius 1 is 1.80 bits per heavy atom. The van der Waals surface area contributed by atoms with Crippen LogP contribution in [0.5, 0.6) is 0 Å². The molecule has 0 heterocycles. The van der Waals surface area contributed by atoms with E-state index in [1.165, 1.54) is 0 Å². The highest BCUT2D eigenvalue weighted by atomic mass is 14.8. The molecule has 0 spiro atoms. The first-order valence-corrected chi connectivity index (χ1v) is 1.91. The minimum Gasteiger partial charge on any atom is -0.317 e. The fourth-order valence-corrected chi connectivity index (χ4v) is 0.177. The molecule has 32 valence electrons. The van der Waals surface area contributed by atoms with Crippen LogP contribution in [0.2, 0.25) is 0 Å². The van der Waals surface area contributed by atoms with Crippen molar-refractivity contribution in [2.75, 3.05) is 13.1 Å². The Hall–Kier alpha value is -0.0400. The third kappa shape index (κ3) is 3.96. The summed E-state index contributed by atoms with van der Waals surface area (Å²) in [6.07, 6.45) is 0. The minimum absolute atomic E-state index is 0.494. The van der Waals surface area contributed by atoms with Crippen LogP contribution in [0.15, 0.2) is 0 Å². The van der Waals surface area contributed by atoms with Crippen molar-refractivity contribution < 1.29 is 1.37 Å². The van der Waals surface area contributed by atoms with Crippen LogP contribution < -0.4 is 5.32 Å². The molecule has 1 N–H and O–H groups in total. The highest BCUT2D eigenvalue weighted by Gasteiger charge is 1.62. The standard InChI is InChI=1S/C4H11N/c1-3-5-4-2/h5H,3-4H2,1-2H3/i1D. The van der Waals surface area contributed by atoms with Gasteiger partial charge in [-0.25, -0.2) is 0 Å². The lowest BCUT2D eigenvalue weighted by Gasteiger charge is -1.86. The maximum Gasteiger partial charge on any atom is 0.0243 e. The lowest BCUT2D eigenvalue weighted by Crippen LogP contribution is -2.09. The number of rotatable bonds is 2. The van der Waals surface area contributed by atoms with Gasteiger partial charge < -0.3 is 5.32 Å². The van der Waals surface area contributed by atoms with Crippen LogP contribution in [0, 0.1) is 0 Å². The van der Waals surface area contributed by atoms with Crippen LogP contribution in [0.4, 0.5) is 0 Å². The summed E-state index contributed by atoms with van der Waals surface area (Å²) < 4.78 is 6.64. The first kappa shape index (κ1) is 3.16. The molecule has 0 aromatic rings. The Morgan fingerprint density at radius 3 is 2.80 bits per heavy atom. The van der Waals surface area contributed by atoms with Crippen molar-refractivity contribution in [1.29, 1.82) is 0 Å². The molecule has 0 aliphatic carbocycles. The van der Waals surface area contributed by atoms with Gasteiger partial charge in [-0.3, -0.25) is 0 Å². The molecule has 0 aromatic carbocycles. The number of nitrogens with one attached hydrogen (secondary N) is 1. The third-order valence-corrected chi connectivity index (χ3v) is 0.427. The van der Waals surface area contributed by atoms with E-state index >= 15 is 0 Å². The SMILES string of the molecule is [2H]CCNCC. The first-order valence-electron chi connectivity index (χ1n) is 2.62. The van der Waals surface area contributed by atoms with E-state index < -0.39 is 0 Å².